The lowest BCUT2D eigenvalue weighted by atomic mass is 9.87. The van der Waals surface area contributed by atoms with Crippen molar-refractivity contribution in [2.75, 3.05) is 6.54 Å². The lowest BCUT2D eigenvalue weighted by Gasteiger charge is -2.17. The number of unbranched alkanes of at least 4 members (excludes halogenated alkanes) is 3. The lowest BCUT2D eigenvalue weighted by Crippen LogP contribution is -2.23. The molecular formula is C12H23NO3. The van der Waals surface area contributed by atoms with E-state index in [1.165, 1.54) is 6.42 Å². The van der Waals surface area contributed by atoms with Crippen LogP contribution in [-0.4, -0.2) is 17.8 Å². The highest BCUT2D eigenvalue weighted by Crippen LogP contribution is 2.21. The number of rotatable bonds is 10. The van der Waals surface area contributed by atoms with Crippen LogP contribution in [0.25, 0.3) is 0 Å². The van der Waals surface area contributed by atoms with Crippen LogP contribution >= 0.6 is 0 Å². The first-order valence-corrected chi connectivity index (χ1v) is 6.22. The predicted molar refractivity (Wildman–Crippen MR) is 64.0 cm³/mol. The van der Waals surface area contributed by atoms with Gasteiger partial charge in [-0.15, -0.1) is 0 Å². The van der Waals surface area contributed by atoms with Gasteiger partial charge in [0, 0.05) is 16.8 Å². The van der Waals surface area contributed by atoms with Gasteiger partial charge >= 0.3 is 0 Å². The van der Waals surface area contributed by atoms with Crippen LogP contribution < -0.4 is 0 Å². The van der Waals surface area contributed by atoms with Crippen molar-refractivity contribution in [3.63, 3.8) is 0 Å². The maximum Gasteiger partial charge on any atom is 0.207 e. The molecule has 4 heteroatoms. The summed E-state index contributed by atoms with van der Waals surface area (Å²) in [5, 5.41) is 10.5. The number of carbonyl (C=O) groups excluding carboxylic acids is 1. The first kappa shape index (κ1) is 15.1. The summed E-state index contributed by atoms with van der Waals surface area (Å²) >= 11 is 0. The number of hydrogen-bond acceptors (Lipinski definition) is 3. The van der Waals surface area contributed by atoms with Gasteiger partial charge < -0.3 is 4.79 Å². The molecule has 0 amide bonds. The van der Waals surface area contributed by atoms with E-state index in [1.54, 1.807) is 0 Å². The average molecular weight is 229 g/mol. The maximum atomic E-state index is 10.8. The Morgan fingerprint density at radius 2 is 1.94 bits per heavy atom. The van der Waals surface area contributed by atoms with Gasteiger partial charge in [0.05, 0.1) is 0 Å². The van der Waals surface area contributed by atoms with Crippen molar-refractivity contribution in [2.45, 2.75) is 52.4 Å². The molecule has 0 aliphatic heterocycles. The molecule has 94 valence electrons. The third kappa shape index (κ3) is 6.53. The van der Waals surface area contributed by atoms with E-state index in [0.29, 0.717) is 6.42 Å². The molecule has 0 fully saturated rings. The second-order valence-electron chi connectivity index (χ2n) is 4.33. The molecule has 0 aromatic carbocycles. The SMILES string of the molecule is CCCCCCC(C[N+](=O)[O-])[C@@H](C=O)CC. The van der Waals surface area contributed by atoms with Crippen LogP contribution in [0.15, 0.2) is 0 Å². The summed E-state index contributed by atoms with van der Waals surface area (Å²) in [5.41, 5.74) is 0. The lowest BCUT2D eigenvalue weighted by molar-refractivity contribution is -0.489. The Morgan fingerprint density at radius 3 is 2.38 bits per heavy atom. The smallest absolute Gasteiger partial charge is 0.207 e. The summed E-state index contributed by atoms with van der Waals surface area (Å²) < 4.78 is 0. The molecular weight excluding hydrogens is 206 g/mol. The maximum absolute atomic E-state index is 10.8. The van der Waals surface area contributed by atoms with Crippen LogP contribution in [0.2, 0.25) is 0 Å². The van der Waals surface area contributed by atoms with Crippen molar-refractivity contribution in [3.05, 3.63) is 10.1 Å². The molecule has 2 atom stereocenters. The van der Waals surface area contributed by atoms with Crippen LogP contribution in [0.4, 0.5) is 0 Å². The van der Waals surface area contributed by atoms with Gasteiger partial charge in [-0.2, -0.15) is 0 Å². The first-order valence-electron chi connectivity index (χ1n) is 6.22. The monoisotopic (exact) mass is 229 g/mol. The quantitative estimate of drug-likeness (QED) is 0.250. The summed E-state index contributed by atoms with van der Waals surface area (Å²) in [7, 11) is 0. The topological polar surface area (TPSA) is 60.2 Å². The zero-order valence-electron chi connectivity index (χ0n) is 10.4. The van der Waals surface area contributed by atoms with Gasteiger partial charge in [0.2, 0.25) is 6.54 Å². The largest absolute Gasteiger partial charge is 0.303 e. The molecule has 0 aromatic heterocycles. The van der Waals surface area contributed by atoms with E-state index in [4.69, 9.17) is 0 Å². The van der Waals surface area contributed by atoms with Gasteiger partial charge in [0.1, 0.15) is 6.29 Å². The minimum atomic E-state index is -0.295. The van der Waals surface area contributed by atoms with Crippen LogP contribution in [0.1, 0.15) is 52.4 Å². The summed E-state index contributed by atoms with van der Waals surface area (Å²) in [6.45, 7) is 3.98. The van der Waals surface area contributed by atoms with E-state index in [0.717, 1.165) is 32.0 Å². The van der Waals surface area contributed by atoms with Crippen LogP contribution in [0, 0.1) is 22.0 Å². The number of hydrogen-bond donors (Lipinski definition) is 0. The normalized spacial score (nSPS) is 14.4. The molecule has 0 radical (unpaired) electrons. The third-order valence-corrected chi connectivity index (χ3v) is 3.06. The van der Waals surface area contributed by atoms with E-state index in [-0.39, 0.29) is 23.3 Å². The van der Waals surface area contributed by atoms with Gasteiger partial charge in [-0.1, -0.05) is 39.5 Å². The fraction of sp³-hybridized carbons (Fsp3) is 0.917. The zero-order valence-corrected chi connectivity index (χ0v) is 10.4. The van der Waals surface area contributed by atoms with Crippen molar-refractivity contribution in [2.24, 2.45) is 11.8 Å². The zero-order chi connectivity index (χ0) is 12.4. The Hall–Kier alpha value is -0.930. The van der Waals surface area contributed by atoms with E-state index >= 15 is 0 Å². The highest BCUT2D eigenvalue weighted by Gasteiger charge is 2.23. The Bertz CT molecular complexity index is 206. The molecule has 0 saturated heterocycles. The van der Waals surface area contributed by atoms with Crippen molar-refractivity contribution >= 4 is 6.29 Å². The molecule has 0 spiro atoms. The minimum absolute atomic E-state index is 0.0661. The molecule has 16 heavy (non-hydrogen) atoms. The van der Waals surface area contributed by atoms with Gasteiger partial charge in [-0.05, 0) is 12.8 Å². The molecule has 0 aliphatic carbocycles. The van der Waals surface area contributed by atoms with Gasteiger partial charge in [0.25, 0.3) is 0 Å². The molecule has 0 aliphatic rings. The standard InChI is InChI=1S/C12H23NO3/c1-3-5-6-7-8-12(9-13(15)16)11(4-2)10-14/h10-12H,3-9H2,1-2H3/t11-,12?/m1/s1. The molecule has 0 N–H and O–H groups in total. The van der Waals surface area contributed by atoms with E-state index < -0.39 is 0 Å². The summed E-state index contributed by atoms with van der Waals surface area (Å²) in [4.78, 5) is 21.1. The fourth-order valence-electron chi connectivity index (χ4n) is 2.01. The van der Waals surface area contributed by atoms with Crippen molar-refractivity contribution < 1.29 is 9.72 Å². The average Bonchev–Trinajstić information content (AvgIpc) is 2.25. The molecule has 0 heterocycles. The summed E-state index contributed by atoms with van der Waals surface area (Å²) in [5.74, 6) is -0.221. The van der Waals surface area contributed by atoms with Gasteiger partial charge in [-0.25, -0.2) is 0 Å². The number of aldehydes is 1. The Labute approximate surface area is 97.6 Å². The Balaban J connectivity index is 4.08. The molecule has 0 bridgehead atoms. The van der Waals surface area contributed by atoms with E-state index in [1.807, 2.05) is 6.92 Å². The number of nitrogens with zero attached hydrogens (tertiary/aromatic N) is 1. The predicted octanol–water partition coefficient (Wildman–Crippen LogP) is 3.07. The molecule has 1 unspecified atom stereocenters. The minimum Gasteiger partial charge on any atom is -0.303 e. The second-order valence-corrected chi connectivity index (χ2v) is 4.33. The van der Waals surface area contributed by atoms with Crippen LogP contribution in [-0.2, 0) is 4.79 Å². The van der Waals surface area contributed by atoms with Crippen molar-refractivity contribution in [1.29, 1.82) is 0 Å². The highest BCUT2D eigenvalue weighted by atomic mass is 16.6. The number of carbonyl (C=O) groups is 1. The fourth-order valence-corrected chi connectivity index (χ4v) is 2.01. The van der Waals surface area contributed by atoms with Gasteiger partial charge in [-0.3, -0.25) is 10.1 Å². The summed E-state index contributed by atoms with van der Waals surface area (Å²) in [6, 6.07) is 0. The van der Waals surface area contributed by atoms with Crippen LogP contribution in [0.5, 0.6) is 0 Å². The van der Waals surface area contributed by atoms with E-state index in [2.05, 4.69) is 6.92 Å². The van der Waals surface area contributed by atoms with Crippen molar-refractivity contribution in [3.8, 4) is 0 Å². The highest BCUT2D eigenvalue weighted by molar-refractivity contribution is 5.53. The molecule has 0 saturated carbocycles. The van der Waals surface area contributed by atoms with Gasteiger partial charge in [0.15, 0.2) is 0 Å². The Kier molecular flexibility index (Phi) is 8.77. The summed E-state index contributed by atoms with van der Waals surface area (Å²) in [6.07, 6.45) is 6.83. The molecule has 0 aromatic rings. The Morgan fingerprint density at radius 1 is 1.25 bits per heavy atom. The number of nitro groups is 1. The third-order valence-electron chi connectivity index (χ3n) is 3.06. The van der Waals surface area contributed by atoms with Crippen LogP contribution in [0.3, 0.4) is 0 Å². The van der Waals surface area contributed by atoms with E-state index in [9.17, 15) is 14.9 Å². The molecule has 4 nitrogen and oxygen atoms in total. The second kappa shape index (κ2) is 9.31. The first-order chi connectivity index (χ1) is 7.65. The molecule has 0 rings (SSSR count). The van der Waals surface area contributed by atoms with Crippen molar-refractivity contribution in [1.82, 2.24) is 0 Å².